The molecule has 23 heavy (non-hydrogen) atoms. The molecule has 1 saturated heterocycles. The van der Waals surface area contributed by atoms with Crippen molar-refractivity contribution in [3.63, 3.8) is 0 Å². The largest absolute Gasteiger partial charge is 0.354 e. The standard InChI is InChI=1S/C17H25N5O/c1-3-21(4-2)16(23)14-20-9-6-10-22(12-11-20)17-15(13-18)7-5-8-19-17/h5,7-8H,3-4,6,9-12,14H2,1-2H3. The Morgan fingerprint density at radius 1 is 1.30 bits per heavy atom. The summed E-state index contributed by atoms with van der Waals surface area (Å²) in [5, 5.41) is 9.23. The molecule has 1 fully saturated rings. The highest BCUT2D eigenvalue weighted by Gasteiger charge is 2.21. The van der Waals surface area contributed by atoms with E-state index in [9.17, 15) is 10.1 Å². The summed E-state index contributed by atoms with van der Waals surface area (Å²) < 4.78 is 0. The second-order valence-corrected chi connectivity index (χ2v) is 5.67. The molecule has 0 spiro atoms. The Morgan fingerprint density at radius 3 is 2.78 bits per heavy atom. The zero-order chi connectivity index (χ0) is 16.7. The molecular weight excluding hydrogens is 290 g/mol. The molecule has 1 aliphatic rings. The van der Waals surface area contributed by atoms with Gasteiger partial charge in [-0.05, 0) is 32.4 Å². The van der Waals surface area contributed by atoms with E-state index in [1.54, 1.807) is 18.3 Å². The van der Waals surface area contributed by atoms with Crippen LogP contribution in [0.4, 0.5) is 5.82 Å². The maximum atomic E-state index is 12.3. The van der Waals surface area contributed by atoms with E-state index in [1.807, 2.05) is 18.7 Å². The second-order valence-electron chi connectivity index (χ2n) is 5.67. The fraction of sp³-hybridized carbons (Fsp3) is 0.588. The summed E-state index contributed by atoms with van der Waals surface area (Å²) in [6.45, 7) is 9.38. The molecule has 0 unspecified atom stereocenters. The van der Waals surface area contributed by atoms with Crippen LogP contribution < -0.4 is 4.90 Å². The molecule has 2 heterocycles. The zero-order valence-electron chi connectivity index (χ0n) is 14.0. The number of likely N-dealkylation sites (N-methyl/N-ethyl adjacent to an activating group) is 1. The van der Waals surface area contributed by atoms with Gasteiger partial charge in [-0.15, -0.1) is 0 Å². The van der Waals surface area contributed by atoms with Crippen molar-refractivity contribution in [2.45, 2.75) is 20.3 Å². The van der Waals surface area contributed by atoms with Crippen molar-refractivity contribution >= 4 is 11.7 Å². The van der Waals surface area contributed by atoms with Crippen LogP contribution in [-0.2, 0) is 4.79 Å². The maximum absolute atomic E-state index is 12.3. The Hall–Kier alpha value is -2.13. The van der Waals surface area contributed by atoms with Crippen LogP contribution in [0.25, 0.3) is 0 Å². The summed E-state index contributed by atoms with van der Waals surface area (Å²) in [6.07, 6.45) is 2.69. The van der Waals surface area contributed by atoms with Crippen LogP contribution in [0.2, 0.25) is 0 Å². The number of amides is 1. The molecule has 1 aromatic heterocycles. The van der Waals surface area contributed by atoms with Gasteiger partial charge in [0.1, 0.15) is 11.9 Å². The number of nitrogens with zero attached hydrogens (tertiary/aromatic N) is 5. The third kappa shape index (κ3) is 4.42. The molecule has 0 atom stereocenters. The zero-order valence-corrected chi connectivity index (χ0v) is 14.0. The molecule has 0 N–H and O–H groups in total. The second kappa shape index (κ2) is 8.49. The van der Waals surface area contributed by atoms with Crippen molar-refractivity contribution in [1.29, 1.82) is 5.26 Å². The highest BCUT2D eigenvalue weighted by molar-refractivity contribution is 5.78. The number of aromatic nitrogens is 1. The number of hydrogen-bond donors (Lipinski definition) is 0. The summed E-state index contributed by atoms with van der Waals surface area (Å²) in [5.41, 5.74) is 0.611. The average Bonchev–Trinajstić information content (AvgIpc) is 2.81. The van der Waals surface area contributed by atoms with Gasteiger partial charge in [0.2, 0.25) is 5.91 Å². The number of carbonyl (C=O) groups is 1. The molecule has 1 amide bonds. The van der Waals surface area contributed by atoms with Crippen LogP contribution in [0.15, 0.2) is 18.3 Å². The quantitative estimate of drug-likeness (QED) is 0.820. The van der Waals surface area contributed by atoms with Crippen LogP contribution in [-0.4, -0.2) is 66.5 Å². The predicted octanol–water partition coefficient (Wildman–Crippen LogP) is 1.33. The summed E-state index contributed by atoms with van der Waals surface area (Å²) in [6, 6.07) is 5.80. The minimum atomic E-state index is 0.194. The summed E-state index contributed by atoms with van der Waals surface area (Å²) in [4.78, 5) is 22.8. The normalized spacial score (nSPS) is 15.8. The van der Waals surface area contributed by atoms with Crippen LogP contribution in [0.1, 0.15) is 25.8 Å². The number of nitriles is 1. The van der Waals surface area contributed by atoms with Gasteiger partial charge in [0.15, 0.2) is 0 Å². The number of pyridine rings is 1. The van der Waals surface area contributed by atoms with E-state index >= 15 is 0 Å². The van der Waals surface area contributed by atoms with E-state index in [-0.39, 0.29) is 5.91 Å². The number of carbonyl (C=O) groups excluding carboxylic acids is 1. The average molecular weight is 315 g/mol. The van der Waals surface area contributed by atoms with Gasteiger partial charge in [-0.1, -0.05) is 0 Å². The van der Waals surface area contributed by atoms with Crippen LogP contribution in [0.5, 0.6) is 0 Å². The lowest BCUT2D eigenvalue weighted by molar-refractivity contribution is -0.132. The van der Waals surface area contributed by atoms with Crippen LogP contribution in [0, 0.1) is 11.3 Å². The summed E-state index contributed by atoms with van der Waals surface area (Å²) >= 11 is 0. The van der Waals surface area contributed by atoms with Crippen molar-refractivity contribution < 1.29 is 4.79 Å². The van der Waals surface area contributed by atoms with Crippen molar-refractivity contribution in [2.24, 2.45) is 0 Å². The lowest BCUT2D eigenvalue weighted by Crippen LogP contribution is -2.41. The van der Waals surface area contributed by atoms with Crippen LogP contribution in [0.3, 0.4) is 0 Å². The SMILES string of the molecule is CCN(CC)C(=O)CN1CCCN(c2ncccc2C#N)CC1. The summed E-state index contributed by atoms with van der Waals surface area (Å²) in [5.74, 6) is 0.950. The van der Waals surface area contributed by atoms with Gasteiger partial charge in [0.05, 0.1) is 12.1 Å². The van der Waals surface area contributed by atoms with E-state index in [4.69, 9.17) is 0 Å². The molecule has 1 aliphatic heterocycles. The van der Waals surface area contributed by atoms with Gasteiger partial charge in [0.25, 0.3) is 0 Å². The first-order valence-electron chi connectivity index (χ1n) is 8.29. The Morgan fingerprint density at radius 2 is 2.09 bits per heavy atom. The number of rotatable bonds is 5. The third-order valence-corrected chi connectivity index (χ3v) is 4.27. The van der Waals surface area contributed by atoms with Gasteiger partial charge >= 0.3 is 0 Å². The lowest BCUT2D eigenvalue weighted by atomic mass is 10.2. The first-order valence-corrected chi connectivity index (χ1v) is 8.29. The number of anilines is 1. The smallest absolute Gasteiger partial charge is 0.236 e. The Labute approximate surface area is 138 Å². The molecule has 1 aromatic rings. The van der Waals surface area contributed by atoms with Gasteiger partial charge in [-0.3, -0.25) is 9.69 Å². The first kappa shape index (κ1) is 17.2. The van der Waals surface area contributed by atoms with Gasteiger partial charge in [-0.25, -0.2) is 4.98 Å². The van der Waals surface area contributed by atoms with E-state index in [0.717, 1.165) is 51.5 Å². The molecule has 124 valence electrons. The van der Waals surface area contributed by atoms with Crippen molar-refractivity contribution in [3.05, 3.63) is 23.9 Å². The van der Waals surface area contributed by atoms with Crippen molar-refractivity contribution in [3.8, 4) is 6.07 Å². The number of hydrogen-bond acceptors (Lipinski definition) is 5. The topological polar surface area (TPSA) is 63.5 Å². The van der Waals surface area contributed by atoms with Crippen molar-refractivity contribution in [1.82, 2.24) is 14.8 Å². The van der Waals surface area contributed by atoms with Crippen molar-refractivity contribution in [2.75, 3.05) is 50.7 Å². The molecule has 0 bridgehead atoms. The van der Waals surface area contributed by atoms with Gasteiger partial charge < -0.3 is 9.80 Å². The molecular formula is C17H25N5O. The van der Waals surface area contributed by atoms with E-state index in [2.05, 4.69) is 20.9 Å². The van der Waals surface area contributed by atoms with Gasteiger partial charge in [-0.2, -0.15) is 5.26 Å². The minimum Gasteiger partial charge on any atom is -0.354 e. The monoisotopic (exact) mass is 315 g/mol. The predicted molar refractivity (Wildman–Crippen MR) is 90.2 cm³/mol. The molecule has 6 nitrogen and oxygen atoms in total. The Kier molecular flexibility index (Phi) is 6.36. The molecule has 2 rings (SSSR count). The third-order valence-electron chi connectivity index (χ3n) is 4.27. The molecule has 0 aromatic carbocycles. The van der Waals surface area contributed by atoms with E-state index in [1.165, 1.54) is 0 Å². The highest BCUT2D eigenvalue weighted by Crippen LogP contribution is 2.18. The fourth-order valence-corrected chi connectivity index (χ4v) is 2.94. The van der Waals surface area contributed by atoms with Crippen LogP contribution >= 0.6 is 0 Å². The highest BCUT2D eigenvalue weighted by atomic mass is 16.2. The fourth-order valence-electron chi connectivity index (χ4n) is 2.94. The minimum absolute atomic E-state index is 0.194. The Balaban J connectivity index is 1.97. The maximum Gasteiger partial charge on any atom is 0.236 e. The summed E-state index contributed by atoms with van der Waals surface area (Å²) in [7, 11) is 0. The molecule has 6 heteroatoms. The molecule has 0 radical (unpaired) electrons. The molecule has 0 saturated carbocycles. The Bertz CT molecular complexity index is 564. The van der Waals surface area contributed by atoms with E-state index in [0.29, 0.717) is 12.1 Å². The van der Waals surface area contributed by atoms with Gasteiger partial charge in [0, 0.05) is 45.5 Å². The first-order chi connectivity index (χ1) is 11.2. The molecule has 0 aliphatic carbocycles. The lowest BCUT2D eigenvalue weighted by Gasteiger charge is -2.25. The van der Waals surface area contributed by atoms with E-state index < -0.39 is 0 Å².